The maximum absolute atomic E-state index is 12.3. The van der Waals surface area contributed by atoms with Gasteiger partial charge in [-0.25, -0.2) is 0 Å². The Morgan fingerprint density at radius 2 is 1.67 bits per heavy atom. The molecule has 0 atom stereocenters. The lowest BCUT2D eigenvalue weighted by atomic mass is 10.2. The Morgan fingerprint density at radius 3 is 2.36 bits per heavy atom. The third-order valence-corrected chi connectivity index (χ3v) is 5.98. The second-order valence-corrected chi connectivity index (χ2v) is 9.51. The number of nitrogens with two attached hydrogens (primary N) is 2. The summed E-state index contributed by atoms with van der Waals surface area (Å²) >= 11 is 6.66. The SMILES string of the molecule is Nc1ccc(C=Nc2cc(NC(=O)c3ccc(Br)cc3)ccc2N)cc1.O=CC1=CC=C(Br)C=CC1. The van der Waals surface area contributed by atoms with Crippen molar-refractivity contribution in [2.75, 3.05) is 16.8 Å². The summed E-state index contributed by atoms with van der Waals surface area (Å²) in [5.74, 6) is -0.198. The Hall–Kier alpha value is -3.75. The number of nitrogen functional groups attached to an aromatic ring is 2. The molecule has 6 nitrogen and oxygen atoms in total. The zero-order valence-corrected chi connectivity index (χ0v) is 22.4. The zero-order valence-electron chi connectivity index (χ0n) is 19.2. The number of nitrogens with zero attached hydrogens (tertiary/aromatic N) is 1. The Labute approximate surface area is 226 Å². The summed E-state index contributed by atoms with van der Waals surface area (Å²) in [4.78, 5) is 27.0. The molecule has 8 heteroatoms. The van der Waals surface area contributed by atoms with Crippen molar-refractivity contribution in [1.29, 1.82) is 0 Å². The minimum atomic E-state index is -0.198. The van der Waals surface area contributed by atoms with E-state index in [1.165, 1.54) is 0 Å². The predicted octanol–water partition coefficient (Wildman–Crippen LogP) is 6.97. The molecule has 4 rings (SSSR count). The van der Waals surface area contributed by atoms with Crippen molar-refractivity contribution < 1.29 is 9.59 Å². The van der Waals surface area contributed by atoms with E-state index in [4.69, 9.17) is 11.5 Å². The van der Waals surface area contributed by atoms with Gasteiger partial charge < -0.3 is 16.8 Å². The fourth-order valence-electron chi connectivity index (χ4n) is 2.97. The molecule has 0 saturated carbocycles. The summed E-state index contributed by atoms with van der Waals surface area (Å²) in [5.41, 5.74) is 16.4. The molecule has 0 saturated heterocycles. The quantitative estimate of drug-likeness (QED) is 0.165. The number of anilines is 3. The number of aldehydes is 1. The Kier molecular flexibility index (Phi) is 9.97. The minimum absolute atomic E-state index is 0.198. The molecular formula is C28H24Br2N4O2. The van der Waals surface area contributed by atoms with Crippen LogP contribution in [0.3, 0.4) is 0 Å². The summed E-state index contributed by atoms with van der Waals surface area (Å²) in [6.07, 6.45) is 10.9. The number of aliphatic imine (C=N–C) groups is 1. The first-order valence-electron chi connectivity index (χ1n) is 10.9. The van der Waals surface area contributed by atoms with E-state index in [1.54, 1.807) is 48.7 Å². The van der Waals surface area contributed by atoms with Crippen molar-refractivity contribution in [2.45, 2.75) is 6.42 Å². The van der Waals surface area contributed by atoms with Gasteiger partial charge in [0.25, 0.3) is 5.91 Å². The largest absolute Gasteiger partial charge is 0.399 e. The molecule has 3 aromatic carbocycles. The van der Waals surface area contributed by atoms with Gasteiger partial charge in [0, 0.05) is 32.1 Å². The Balaban J connectivity index is 0.000000303. The fraction of sp³-hybridized carbons (Fsp3) is 0.0357. The van der Waals surface area contributed by atoms with Gasteiger partial charge in [-0.2, -0.15) is 0 Å². The highest BCUT2D eigenvalue weighted by atomic mass is 79.9. The first-order chi connectivity index (χ1) is 17.3. The van der Waals surface area contributed by atoms with Crippen LogP contribution in [0.4, 0.5) is 22.7 Å². The van der Waals surface area contributed by atoms with Crippen LogP contribution >= 0.6 is 31.9 Å². The Morgan fingerprint density at radius 1 is 0.944 bits per heavy atom. The van der Waals surface area contributed by atoms with Gasteiger partial charge >= 0.3 is 0 Å². The number of allylic oxidation sites excluding steroid dienone is 6. The number of halogens is 2. The molecule has 1 aliphatic carbocycles. The first kappa shape index (κ1) is 26.8. The number of carbonyl (C=O) groups is 2. The summed E-state index contributed by atoms with van der Waals surface area (Å²) in [5, 5.41) is 2.85. The van der Waals surface area contributed by atoms with Crippen LogP contribution in [0.2, 0.25) is 0 Å². The molecule has 5 N–H and O–H groups in total. The van der Waals surface area contributed by atoms with E-state index in [0.717, 1.165) is 32.8 Å². The number of nitrogens with one attached hydrogen (secondary N) is 1. The van der Waals surface area contributed by atoms with E-state index < -0.39 is 0 Å². The van der Waals surface area contributed by atoms with Gasteiger partial charge in [-0.15, -0.1) is 0 Å². The third kappa shape index (κ3) is 8.48. The van der Waals surface area contributed by atoms with Crippen LogP contribution < -0.4 is 16.8 Å². The average molecular weight is 608 g/mol. The highest BCUT2D eigenvalue weighted by Crippen LogP contribution is 2.26. The molecule has 0 aromatic heterocycles. The topological polar surface area (TPSA) is 111 Å². The Bertz CT molecular complexity index is 1340. The van der Waals surface area contributed by atoms with Crippen LogP contribution in [-0.4, -0.2) is 18.4 Å². The molecule has 0 fully saturated rings. The smallest absolute Gasteiger partial charge is 0.255 e. The monoisotopic (exact) mass is 606 g/mol. The lowest BCUT2D eigenvalue weighted by Crippen LogP contribution is -2.11. The molecule has 1 aliphatic rings. The van der Waals surface area contributed by atoms with Gasteiger partial charge in [0.15, 0.2) is 0 Å². The van der Waals surface area contributed by atoms with E-state index in [-0.39, 0.29) is 5.91 Å². The molecular weight excluding hydrogens is 584 g/mol. The van der Waals surface area contributed by atoms with Crippen molar-refractivity contribution in [2.24, 2.45) is 4.99 Å². The maximum atomic E-state index is 12.3. The van der Waals surface area contributed by atoms with Crippen LogP contribution in [0.15, 0.2) is 111 Å². The van der Waals surface area contributed by atoms with Crippen molar-refractivity contribution in [1.82, 2.24) is 0 Å². The molecule has 0 heterocycles. The number of hydrogen-bond donors (Lipinski definition) is 3. The molecule has 0 aliphatic heterocycles. The van der Waals surface area contributed by atoms with E-state index >= 15 is 0 Å². The van der Waals surface area contributed by atoms with E-state index in [2.05, 4.69) is 42.2 Å². The van der Waals surface area contributed by atoms with Gasteiger partial charge in [-0.05, 0) is 78.2 Å². The molecule has 3 aromatic rings. The van der Waals surface area contributed by atoms with E-state index in [1.807, 2.05) is 48.6 Å². The van der Waals surface area contributed by atoms with Gasteiger partial charge in [0.1, 0.15) is 6.29 Å². The van der Waals surface area contributed by atoms with Gasteiger partial charge in [-0.3, -0.25) is 14.6 Å². The number of hydrogen-bond acceptors (Lipinski definition) is 5. The van der Waals surface area contributed by atoms with Crippen LogP contribution in [-0.2, 0) is 4.79 Å². The standard InChI is InChI=1S/C20H17BrN4O.C8H7BrO/c21-15-5-3-14(4-6-15)20(26)25-17-9-10-18(23)19(11-17)24-12-13-1-7-16(22)8-2-13;9-8-3-1-2-7(6-10)4-5-8/h1-12H,22-23H2,(H,25,26);1,3-6H,2H2. The van der Waals surface area contributed by atoms with Gasteiger partial charge in [0.2, 0.25) is 0 Å². The molecule has 36 heavy (non-hydrogen) atoms. The second-order valence-electron chi connectivity index (χ2n) is 7.68. The lowest BCUT2D eigenvalue weighted by molar-refractivity contribution is -0.105. The van der Waals surface area contributed by atoms with Crippen molar-refractivity contribution in [3.63, 3.8) is 0 Å². The first-order valence-corrected chi connectivity index (χ1v) is 12.5. The summed E-state index contributed by atoms with van der Waals surface area (Å²) < 4.78 is 1.92. The number of rotatable bonds is 5. The summed E-state index contributed by atoms with van der Waals surface area (Å²) in [7, 11) is 0. The van der Waals surface area contributed by atoms with Crippen molar-refractivity contribution in [3.8, 4) is 0 Å². The van der Waals surface area contributed by atoms with Crippen molar-refractivity contribution in [3.05, 3.63) is 117 Å². The number of benzene rings is 3. The lowest BCUT2D eigenvalue weighted by Gasteiger charge is -2.08. The predicted molar refractivity (Wildman–Crippen MR) is 156 cm³/mol. The molecule has 182 valence electrons. The molecule has 0 bridgehead atoms. The maximum Gasteiger partial charge on any atom is 0.255 e. The average Bonchev–Trinajstić information content (AvgIpc) is 3.10. The highest BCUT2D eigenvalue weighted by molar-refractivity contribution is 9.12. The number of carbonyl (C=O) groups excluding carboxylic acids is 2. The second kappa shape index (κ2) is 13.4. The molecule has 1 amide bonds. The van der Waals surface area contributed by atoms with Gasteiger partial charge in [0.05, 0.1) is 11.4 Å². The van der Waals surface area contributed by atoms with Crippen LogP contribution in [0.5, 0.6) is 0 Å². The van der Waals surface area contributed by atoms with Crippen LogP contribution in [0.1, 0.15) is 22.3 Å². The van der Waals surface area contributed by atoms with Gasteiger partial charge in [-0.1, -0.05) is 62.2 Å². The fourth-order valence-corrected chi connectivity index (χ4v) is 3.55. The minimum Gasteiger partial charge on any atom is -0.399 e. The van der Waals surface area contributed by atoms with Crippen LogP contribution in [0, 0.1) is 0 Å². The molecule has 0 radical (unpaired) electrons. The number of amides is 1. The summed E-state index contributed by atoms with van der Waals surface area (Å²) in [6, 6.07) is 19.7. The van der Waals surface area contributed by atoms with E-state index in [9.17, 15) is 9.59 Å². The zero-order chi connectivity index (χ0) is 25.9. The molecule has 0 unspecified atom stereocenters. The van der Waals surface area contributed by atoms with Crippen molar-refractivity contribution >= 4 is 73.0 Å². The highest BCUT2D eigenvalue weighted by Gasteiger charge is 2.07. The van der Waals surface area contributed by atoms with Crippen LogP contribution in [0.25, 0.3) is 0 Å². The van der Waals surface area contributed by atoms with E-state index in [0.29, 0.717) is 28.3 Å². The summed E-state index contributed by atoms with van der Waals surface area (Å²) in [6.45, 7) is 0. The normalized spacial score (nSPS) is 12.6. The third-order valence-electron chi connectivity index (χ3n) is 4.92. The molecule has 0 spiro atoms.